The summed E-state index contributed by atoms with van der Waals surface area (Å²) in [5.74, 6) is -1.87. The molecule has 182 valence electrons. The van der Waals surface area contributed by atoms with Gasteiger partial charge in [-0.05, 0) is 45.4 Å². The van der Waals surface area contributed by atoms with Crippen molar-refractivity contribution < 1.29 is 31.8 Å². The van der Waals surface area contributed by atoms with E-state index in [4.69, 9.17) is 4.74 Å². The number of nitrogens with zero attached hydrogens (tertiary/aromatic N) is 4. The number of hydrogen-bond acceptors (Lipinski definition) is 6. The molecule has 1 amide bonds. The fraction of sp³-hybridized carbons (Fsp3) is 0.318. The highest BCUT2D eigenvalue weighted by molar-refractivity contribution is 7.90. The second-order valence-electron chi connectivity index (χ2n) is 8.35. The van der Waals surface area contributed by atoms with Crippen LogP contribution in [-0.2, 0) is 16.4 Å². The number of halogens is 2. The van der Waals surface area contributed by atoms with Crippen LogP contribution in [0.2, 0.25) is 0 Å². The molecule has 34 heavy (non-hydrogen) atoms. The molecule has 9 nitrogen and oxygen atoms in total. The first kappa shape index (κ1) is 25.1. The van der Waals surface area contributed by atoms with Crippen LogP contribution in [0, 0.1) is 11.8 Å². The molecule has 0 saturated carbocycles. The molecule has 0 aliphatic heterocycles. The topological polar surface area (TPSA) is 115 Å². The first-order chi connectivity index (χ1) is 15.9. The van der Waals surface area contributed by atoms with E-state index >= 15 is 4.39 Å². The number of carboxylic acid groups (broad SMARTS) is 1. The Morgan fingerprint density at radius 3 is 2.44 bits per heavy atom. The summed E-state index contributed by atoms with van der Waals surface area (Å²) in [6.07, 6.45) is 1.87. The van der Waals surface area contributed by atoms with E-state index in [0.717, 1.165) is 23.5 Å². The Kier molecular flexibility index (Phi) is 6.92. The first-order valence-electron chi connectivity index (χ1n) is 10.1. The predicted octanol–water partition coefficient (Wildman–Crippen LogP) is 3.79. The Labute approximate surface area is 195 Å². The van der Waals surface area contributed by atoms with Gasteiger partial charge in [0.05, 0.1) is 18.9 Å². The van der Waals surface area contributed by atoms with Crippen molar-refractivity contribution in [3.05, 3.63) is 60.2 Å². The van der Waals surface area contributed by atoms with Gasteiger partial charge in [0.2, 0.25) is 11.8 Å². The Hall–Kier alpha value is -3.54. The second-order valence-corrected chi connectivity index (χ2v) is 10.2. The Morgan fingerprint density at radius 2 is 1.91 bits per heavy atom. The summed E-state index contributed by atoms with van der Waals surface area (Å²) in [5, 5.41) is 9.51. The van der Waals surface area contributed by atoms with Gasteiger partial charge in [-0.3, -0.25) is 0 Å². The monoisotopic (exact) mass is 494 g/mol. The number of amides is 1. The lowest BCUT2D eigenvalue weighted by atomic mass is 10.1. The van der Waals surface area contributed by atoms with Crippen LogP contribution in [0.25, 0.3) is 11.3 Å². The van der Waals surface area contributed by atoms with Crippen molar-refractivity contribution in [2.24, 2.45) is 0 Å². The van der Waals surface area contributed by atoms with E-state index in [9.17, 15) is 22.7 Å². The number of aromatic nitrogens is 3. The Bertz CT molecular complexity index is 1300. The largest absolute Gasteiger partial charge is 0.481 e. The highest BCUT2D eigenvalue weighted by Crippen LogP contribution is 2.32. The number of hydrogen-bond donors (Lipinski definition) is 1. The van der Waals surface area contributed by atoms with Gasteiger partial charge in [0.25, 0.3) is 10.0 Å². The van der Waals surface area contributed by atoms with Crippen LogP contribution < -0.4 is 4.74 Å². The van der Waals surface area contributed by atoms with Gasteiger partial charge in [0.15, 0.2) is 5.82 Å². The smallest absolute Gasteiger partial charge is 0.407 e. The average molecular weight is 495 g/mol. The molecule has 0 atom stereocenters. The van der Waals surface area contributed by atoms with Crippen LogP contribution in [0.15, 0.2) is 47.8 Å². The molecule has 0 aromatic carbocycles. The van der Waals surface area contributed by atoms with Gasteiger partial charge in [-0.1, -0.05) is 0 Å². The molecule has 0 spiro atoms. The molecule has 0 unspecified atom stereocenters. The maximum Gasteiger partial charge on any atom is 0.407 e. The van der Waals surface area contributed by atoms with Gasteiger partial charge < -0.3 is 14.7 Å². The molecule has 0 aliphatic carbocycles. The maximum atomic E-state index is 15.6. The van der Waals surface area contributed by atoms with E-state index in [-0.39, 0.29) is 34.9 Å². The fourth-order valence-electron chi connectivity index (χ4n) is 3.38. The molecule has 3 aromatic rings. The van der Waals surface area contributed by atoms with Crippen molar-refractivity contribution in [2.45, 2.75) is 37.6 Å². The molecule has 12 heteroatoms. The van der Waals surface area contributed by atoms with Gasteiger partial charge in [0.1, 0.15) is 10.6 Å². The van der Waals surface area contributed by atoms with E-state index in [1.54, 1.807) is 20.8 Å². The van der Waals surface area contributed by atoms with E-state index < -0.39 is 39.1 Å². The maximum absolute atomic E-state index is 15.6. The Balaban J connectivity index is 2.15. The van der Waals surface area contributed by atoms with Crippen LogP contribution in [0.4, 0.5) is 13.6 Å². The summed E-state index contributed by atoms with van der Waals surface area (Å²) in [6, 6.07) is 5.11. The molecule has 0 bridgehead atoms. The summed E-state index contributed by atoms with van der Waals surface area (Å²) in [4.78, 5) is 19.8. The van der Waals surface area contributed by atoms with Gasteiger partial charge >= 0.3 is 6.09 Å². The molecular formula is C22H24F2N4O5S. The van der Waals surface area contributed by atoms with Crippen molar-refractivity contribution in [3.63, 3.8) is 0 Å². The number of ether oxygens (including phenoxy) is 1. The summed E-state index contributed by atoms with van der Waals surface area (Å²) in [7, 11) is -3.04. The molecule has 3 rings (SSSR count). The molecule has 0 aliphatic rings. The number of methoxy groups -OCH3 is 1. The molecule has 3 aromatic heterocycles. The minimum atomic E-state index is -4.41. The third kappa shape index (κ3) is 4.86. The Morgan fingerprint density at radius 1 is 1.21 bits per heavy atom. The SMILES string of the molecule is COc1ccc(S(=O)(=O)n2cc(CCN(C(=O)O)C(C)(C)C)c(F)c2-c2cccnc2F)cn1. The van der Waals surface area contributed by atoms with E-state index in [2.05, 4.69) is 9.97 Å². The minimum absolute atomic E-state index is 0.0983. The highest BCUT2D eigenvalue weighted by atomic mass is 32.2. The van der Waals surface area contributed by atoms with Crippen molar-refractivity contribution in [1.29, 1.82) is 0 Å². The van der Waals surface area contributed by atoms with Crippen LogP contribution in [-0.4, -0.2) is 57.7 Å². The normalized spacial score (nSPS) is 11.9. The van der Waals surface area contributed by atoms with E-state index in [0.29, 0.717) is 3.97 Å². The molecule has 0 saturated heterocycles. The van der Waals surface area contributed by atoms with Crippen molar-refractivity contribution in [1.82, 2.24) is 18.8 Å². The third-order valence-electron chi connectivity index (χ3n) is 5.12. The van der Waals surface area contributed by atoms with E-state index in [1.807, 2.05) is 0 Å². The summed E-state index contributed by atoms with van der Waals surface area (Å²) in [5.41, 5.74) is -1.78. The number of pyridine rings is 2. The number of rotatable bonds is 7. The van der Waals surface area contributed by atoms with Crippen molar-refractivity contribution in [2.75, 3.05) is 13.7 Å². The third-order valence-corrected chi connectivity index (χ3v) is 6.76. The zero-order valence-corrected chi connectivity index (χ0v) is 19.8. The van der Waals surface area contributed by atoms with Gasteiger partial charge in [-0.25, -0.2) is 31.5 Å². The fourth-order valence-corrected chi connectivity index (χ4v) is 4.72. The molecule has 0 fully saturated rings. The summed E-state index contributed by atoms with van der Waals surface area (Å²) < 4.78 is 62.4. The van der Waals surface area contributed by atoms with Crippen molar-refractivity contribution in [3.8, 4) is 17.1 Å². The zero-order chi connectivity index (χ0) is 25.3. The molecular weight excluding hydrogens is 470 g/mol. The number of carbonyl (C=O) groups is 1. The summed E-state index contributed by atoms with van der Waals surface area (Å²) in [6.45, 7) is 4.93. The zero-order valence-electron chi connectivity index (χ0n) is 19.0. The van der Waals surface area contributed by atoms with Gasteiger partial charge in [-0.15, -0.1) is 0 Å². The molecule has 1 N–H and O–H groups in total. The lowest BCUT2D eigenvalue weighted by Crippen LogP contribution is -2.45. The van der Waals surface area contributed by atoms with E-state index in [1.165, 1.54) is 31.4 Å². The second kappa shape index (κ2) is 9.37. The van der Waals surface area contributed by atoms with Crippen LogP contribution >= 0.6 is 0 Å². The quantitative estimate of drug-likeness (QED) is 0.497. The average Bonchev–Trinajstić information content (AvgIpc) is 3.10. The standard InChI is InChI=1S/C22H24F2N4O5S/c1-22(2,3)27(21(29)30)11-9-14-13-28(19(18(14)23)16-6-5-10-25-20(16)24)34(31,32)15-7-8-17(33-4)26-12-15/h5-8,10,12-13H,9,11H2,1-4H3,(H,29,30). The highest BCUT2D eigenvalue weighted by Gasteiger charge is 2.31. The molecule has 0 radical (unpaired) electrons. The van der Waals surface area contributed by atoms with Crippen LogP contribution in [0.3, 0.4) is 0 Å². The van der Waals surface area contributed by atoms with Gasteiger partial charge in [0, 0.05) is 36.1 Å². The van der Waals surface area contributed by atoms with Crippen LogP contribution in [0.1, 0.15) is 26.3 Å². The molecule has 3 heterocycles. The predicted molar refractivity (Wildman–Crippen MR) is 119 cm³/mol. The lowest BCUT2D eigenvalue weighted by Gasteiger charge is -2.33. The van der Waals surface area contributed by atoms with Crippen LogP contribution in [0.5, 0.6) is 5.88 Å². The van der Waals surface area contributed by atoms with Gasteiger partial charge in [-0.2, -0.15) is 4.39 Å². The lowest BCUT2D eigenvalue weighted by molar-refractivity contribution is 0.101. The first-order valence-corrected chi connectivity index (χ1v) is 11.6. The van der Waals surface area contributed by atoms with Crippen molar-refractivity contribution >= 4 is 16.1 Å². The minimum Gasteiger partial charge on any atom is -0.481 e. The summed E-state index contributed by atoms with van der Waals surface area (Å²) >= 11 is 0.